The second kappa shape index (κ2) is 7.91. The summed E-state index contributed by atoms with van der Waals surface area (Å²) in [5.74, 6) is 1.54. The minimum absolute atomic E-state index is 0.118. The molecule has 0 aromatic heterocycles. The monoisotopic (exact) mass is 454 g/mol. The van der Waals surface area contributed by atoms with Gasteiger partial charge in [0.05, 0.1) is 23.7 Å². The number of rotatable bonds is 3. The first-order chi connectivity index (χ1) is 15.6. The van der Waals surface area contributed by atoms with Gasteiger partial charge in [0.25, 0.3) is 0 Å². The van der Waals surface area contributed by atoms with Crippen LogP contribution < -0.4 is 0 Å². The molecule has 1 heterocycles. The molecule has 4 aliphatic carbocycles. The summed E-state index contributed by atoms with van der Waals surface area (Å²) in [5.41, 5.74) is 1.81. The van der Waals surface area contributed by atoms with E-state index < -0.39 is 11.5 Å². The minimum atomic E-state index is -0.580. The van der Waals surface area contributed by atoms with E-state index in [1.807, 2.05) is 13.0 Å². The molecule has 0 spiro atoms. The summed E-state index contributed by atoms with van der Waals surface area (Å²) < 4.78 is 5.83. The van der Waals surface area contributed by atoms with Gasteiger partial charge in [-0.15, -0.1) is 0 Å². The average Bonchev–Trinajstić information content (AvgIpc) is 3.12. The van der Waals surface area contributed by atoms with Crippen molar-refractivity contribution in [3.05, 3.63) is 34.9 Å². The smallest absolute Gasteiger partial charge is 0.336 e. The molecule has 2 N–H and O–H groups in total. The molecule has 9 atom stereocenters. The Hall–Kier alpha value is -1.72. The highest BCUT2D eigenvalue weighted by molar-refractivity contribution is 5.99. The zero-order valence-electron chi connectivity index (χ0n) is 20.3. The number of hydrogen-bond acceptors (Lipinski definition) is 5. The van der Waals surface area contributed by atoms with E-state index >= 15 is 0 Å². The third-order valence-corrected chi connectivity index (χ3v) is 10.6. The van der Waals surface area contributed by atoms with Crippen LogP contribution in [0.15, 0.2) is 34.9 Å². The van der Waals surface area contributed by atoms with Gasteiger partial charge in [-0.05, 0) is 92.6 Å². The van der Waals surface area contributed by atoms with Crippen LogP contribution in [0.2, 0.25) is 0 Å². The zero-order valence-corrected chi connectivity index (χ0v) is 20.3. The molecular formula is C28H38O5. The maximum Gasteiger partial charge on any atom is 0.336 e. The Labute approximate surface area is 197 Å². The number of esters is 1. The average molecular weight is 455 g/mol. The standard InChI is InChI=1S/C28H38O5/c1-15-12-24(33-26(32)18(15)14-29)16(2)19-8-9-20-17-13-23(30)22-6-5-7-25(31)28(22,4)21(17)10-11-27(19,20)3/h5-7,16-17,19-21,23-24,29-30H,8-14H2,1-4H3/t16-,17-,19+,20-,21-,23-,24+,27+,28+/m0/s1. The van der Waals surface area contributed by atoms with Crippen LogP contribution in [-0.2, 0) is 14.3 Å². The van der Waals surface area contributed by atoms with E-state index in [9.17, 15) is 19.8 Å². The molecule has 0 unspecified atom stereocenters. The lowest BCUT2D eigenvalue weighted by Crippen LogP contribution is -2.56. The van der Waals surface area contributed by atoms with Crippen LogP contribution in [0.25, 0.3) is 0 Å². The molecule has 1 aliphatic heterocycles. The third-order valence-electron chi connectivity index (χ3n) is 10.6. The van der Waals surface area contributed by atoms with Crippen LogP contribution in [0.1, 0.15) is 66.2 Å². The number of cyclic esters (lactones) is 1. The zero-order chi connectivity index (χ0) is 23.7. The molecule has 180 valence electrons. The number of aliphatic hydroxyl groups excluding tert-OH is 2. The maximum absolute atomic E-state index is 13.1. The van der Waals surface area contributed by atoms with E-state index in [0.29, 0.717) is 29.7 Å². The highest BCUT2D eigenvalue weighted by atomic mass is 16.5. The summed E-state index contributed by atoms with van der Waals surface area (Å²) in [7, 11) is 0. The Morgan fingerprint density at radius 3 is 2.64 bits per heavy atom. The van der Waals surface area contributed by atoms with Gasteiger partial charge in [-0.25, -0.2) is 4.79 Å². The van der Waals surface area contributed by atoms with E-state index in [0.717, 1.165) is 43.3 Å². The third kappa shape index (κ3) is 3.18. The summed E-state index contributed by atoms with van der Waals surface area (Å²) in [6.45, 7) is 8.38. The first-order valence-electron chi connectivity index (χ1n) is 12.7. The molecule has 5 nitrogen and oxygen atoms in total. The second-order valence-corrected chi connectivity index (χ2v) is 11.8. The molecule has 0 bridgehead atoms. The number of carbonyl (C=O) groups excluding carboxylic acids is 2. The molecule has 5 heteroatoms. The molecule has 3 saturated carbocycles. The van der Waals surface area contributed by atoms with Crippen molar-refractivity contribution in [1.82, 2.24) is 0 Å². The number of allylic oxidation sites excluding steroid dienone is 3. The normalized spacial score (nSPS) is 45.7. The lowest BCUT2D eigenvalue weighted by molar-refractivity contribution is -0.153. The number of ketones is 1. The molecule has 0 amide bonds. The van der Waals surface area contributed by atoms with E-state index in [2.05, 4.69) is 20.8 Å². The number of fused-ring (bicyclic) bond motifs is 5. The Kier molecular flexibility index (Phi) is 5.52. The summed E-state index contributed by atoms with van der Waals surface area (Å²) in [4.78, 5) is 25.5. The highest BCUT2D eigenvalue weighted by Crippen LogP contribution is 2.67. The van der Waals surface area contributed by atoms with Crippen LogP contribution in [0.4, 0.5) is 0 Å². The van der Waals surface area contributed by atoms with Gasteiger partial charge < -0.3 is 14.9 Å². The van der Waals surface area contributed by atoms with Crippen molar-refractivity contribution in [3.8, 4) is 0 Å². The van der Waals surface area contributed by atoms with E-state index in [-0.39, 0.29) is 41.7 Å². The van der Waals surface area contributed by atoms with Crippen LogP contribution in [0.3, 0.4) is 0 Å². The van der Waals surface area contributed by atoms with Crippen molar-refractivity contribution < 1.29 is 24.5 Å². The molecule has 0 radical (unpaired) electrons. The van der Waals surface area contributed by atoms with Crippen LogP contribution in [-0.4, -0.2) is 40.8 Å². The molecular weight excluding hydrogens is 416 g/mol. The van der Waals surface area contributed by atoms with Gasteiger partial charge in [0, 0.05) is 6.42 Å². The molecule has 5 aliphatic rings. The van der Waals surface area contributed by atoms with Gasteiger partial charge in [0.1, 0.15) is 6.10 Å². The van der Waals surface area contributed by atoms with E-state index in [4.69, 9.17) is 4.74 Å². The SMILES string of the molecule is CC1=C(CO)C(=O)O[C@@H]([C@@H](C)[C@H]2CC[C@H]3[C@@H]4C[C@H](O)C5=CC=CC(=O)[C@]5(C)[C@H]4CC[C@]23C)C1. The Bertz CT molecular complexity index is 959. The quantitative estimate of drug-likeness (QED) is 0.626. The minimum Gasteiger partial charge on any atom is -0.458 e. The molecule has 5 rings (SSSR count). The topological polar surface area (TPSA) is 83.8 Å². The van der Waals surface area contributed by atoms with Gasteiger partial charge in [-0.3, -0.25) is 4.79 Å². The predicted octanol–water partition coefficient (Wildman–Crippen LogP) is 4.14. The second-order valence-electron chi connectivity index (χ2n) is 11.8. The van der Waals surface area contributed by atoms with Gasteiger partial charge in [-0.1, -0.05) is 31.6 Å². The summed E-state index contributed by atoms with van der Waals surface area (Å²) in [6.07, 6.45) is 10.5. The van der Waals surface area contributed by atoms with Crippen molar-refractivity contribution in [3.63, 3.8) is 0 Å². The molecule has 0 saturated heterocycles. The largest absolute Gasteiger partial charge is 0.458 e. The van der Waals surface area contributed by atoms with Gasteiger partial charge in [0.2, 0.25) is 0 Å². The first kappa shape index (κ1) is 23.0. The van der Waals surface area contributed by atoms with Gasteiger partial charge >= 0.3 is 5.97 Å². The first-order valence-corrected chi connectivity index (χ1v) is 12.7. The highest BCUT2D eigenvalue weighted by Gasteiger charge is 2.62. The van der Waals surface area contributed by atoms with E-state index in [1.165, 1.54) is 0 Å². The number of hydrogen-bond donors (Lipinski definition) is 2. The van der Waals surface area contributed by atoms with Crippen molar-refractivity contribution >= 4 is 11.8 Å². The number of aliphatic hydroxyl groups is 2. The van der Waals surface area contributed by atoms with Gasteiger partial charge in [0.15, 0.2) is 5.78 Å². The molecule has 0 aromatic carbocycles. The summed E-state index contributed by atoms with van der Waals surface area (Å²) in [6, 6.07) is 0. The fourth-order valence-electron chi connectivity index (χ4n) is 8.81. The molecule has 0 aromatic rings. The number of carbonyl (C=O) groups is 2. The lowest BCUT2D eigenvalue weighted by Gasteiger charge is -2.58. The van der Waals surface area contributed by atoms with Crippen LogP contribution in [0.5, 0.6) is 0 Å². The fraction of sp³-hybridized carbons (Fsp3) is 0.714. The van der Waals surface area contributed by atoms with Crippen LogP contribution >= 0.6 is 0 Å². The van der Waals surface area contributed by atoms with Crippen molar-refractivity contribution in [2.45, 2.75) is 78.4 Å². The Balaban J connectivity index is 1.41. The lowest BCUT2D eigenvalue weighted by atomic mass is 9.46. The van der Waals surface area contributed by atoms with Crippen molar-refractivity contribution in [2.24, 2.45) is 40.4 Å². The Morgan fingerprint density at radius 1 is 1.18 bits per heavy atom. The predicted molar refractivity (Wildman–Crippen MR) is 125 cm³/mol. The molecule has 33 heavy (non-hydrogen) atoms. The summed E-state index contributed by atoms with van der Waals surface area (Å²) >= 11 is 0. The van der Waals surface area contributed by atoms with Crippen molar-refractivity contribution in [2.75, 3.05) is 6.61 Å². The van der Waals surface area contributed by atoms with Gasteiger partial charge in [-0.2, -0.15) is 0 Å². The van der Waals surface area contributed by atoms with E-state index in [1.54, 1.807) is 12.2 Å². The molecule has 3 fully saturated rings. The maximum atomic E-state index is 13.1. The Morgan fingerprint density at radius 2 is 1.94 bits per heavy atom. The van der Waals surface area contributed by atoms with Crippen molar-refractivity contribution in [1.29, 1.82) is 0 Å². The van der Waals surface area contributed by atoms with Crippen LogP contribution in [0, 0.1) is 40.4 Å². The number of ether oxygens (including phenoxy) is 1. The fourth-order valence-corrected chi connectivity index (χ4v) is 8.81. The summed E-state index contributed by atoms with van der Waals surface area (Å²) in [5, 5.41) is 20.6.